The van der Waals surface area contributed by atoms with Crippen molar-refractivity contribution >= 4 is 5.97 Å². The van der Waals surface area contributed by atoms with Crippen LogP contribution in [0.2, 0.25) is 0 Å². The van der Waals surface area contributed by atoms with Crippen molar-refractivity contribution < 1.29 is 9.53 Å². The summed E-state index contributed by atoms with van der Waals surface area (Å²) in [6.07, 6.45) is 14.5. The van der Waals surface area contributed by atoms with Crippen LogP contribution in [0.4, 0.5) is 0 Å². The molecule has 0 spiro atoms. The molecule has 0 bridgehead atoms. The van der Waals surface area contributed by atoms with Gasteiger partial charge in [0.15, 0.2) is 0 Å². The molecule has 5 aliphatic carbocycles. The molecular weight excluding hydrogens is 416 g/mol. The standard InChI is InChI=1S/C32H52O2/c1-21(33)34-26-13-14-30(7)22-12-15-32(9)25-20-27(2,3)16-17-29(25,6)18-19-31(32,8)23(22)10-11-24(30)28(26,4)5/h24-26H,10-20H2,1-9H3/t24-,25?,26-,29+,30+,31+,32-/m0/s1. The van der Waals surface area contributed by atoms with Crippen LogP contribution in [0.1, 0.15) is 133 Å². The average Bonchev–Trinajstić information content (AvgIpc) is 2.73. The normalized spacial score (nSPS) is 49.3. The summed E-state index contributed by atoms with van der Waals surface area (Å²) in [6.45, 7) is 22.1. The molecule has 2 nitrogen and oxygen atoms in total. The molecule has 0 heterocycles. The van der Waals surface area contributed by atoms with Crippen molar-refractivity contribution in [2.45, 2.75) is 139 Å². The summed E-state index contributed by atoms with van der Waals surface area (Å²) in [6, 6.07) is 0. The molecular formula is C32H52O2. The summed E-state index contributed by atoms with van der Waals surface area (Å²) in [5.74, 6) is 1.34. The highest BCUT2D eigenvalue weighted by atomic mass is 16.5. The molecule has 2 heteroatoms. The summed E-state index contributed by atoms with van der Waals surface area (Å²) in [7, 11) is 0. The minimum atomic E-state index is -0.112. The third-order valence-corrected chi connectivity index (χ3v) is 13.2. The predicted molar refractivity (Wildman–Crippen MR) is 140 cm³/mol. The van der Waals surface area contributed by atoms with E-state index in [1.54, 1.807) is 6.92 Å². The molecule has 3 fully saturated rings. The van der Waals surface area contributed by atoms with E-state index in [0.717, 1.165) is 12.3 Å². The first-order chi connectivity index (χ1) is 15.6. The van der Waals surface area contributed by atoms with Gasteiger partial charge in [-0.25, -0.2) is 0 Å². The molecule has 1 unspecified atom stereocenters. The Kier molecular flexibility index (Phi) is 5.40. The first-order valence-corrected chi connectivity index (χ1v) is 14.5. The fourth-order valence-electron chi connectivity index (χ4n) is 10.8. The lowest BCUT2D eigenvalue weighted by Gasteiger charge is -2.69. The Morgan fingerprint density at radius 1 is 0.765 bits per heavy atom. The number of rotatable bonds is 1. The zero-order valence-corrected chi connectivity index (χ0v) is 23.8. The van der Waals surface area contributed by atoms with Crippen LogP contribution in [0.15, 0.2) is 11.1 Å². The van der Waals surface area contributed by atoms with Crippen molar-refractivity contribution in [2.75, 3.05) is 0 Å². The first-order valence-electron chi connectivity index (χ1n) is 14.5. The van der Waals surface area contributed by atoms with Crippen LogP contribution in [-0.2, 0) is 9.53 Å². The van der Waals surface area contributed by atoms with Crippen molar-refractivity contribution in [3.05, 3.63) is 11.1 Å². The van der Waals surface area contributed by atoms with E-state index in [4.69, 9.17) is 4.74 Å². The first kappa shape index (κ1) is 24.9. The Morgan fingerprint density at radius 2 is 1.44 bits per heavy atom. The summed E-state index contributed by atoms with van der Waals surface area (Å²) < 4.78 is 5.89. The molecule has 0 aromatic heterocycles. The third kappa shape index (κ3) is 3.21. The second-order valence-electron chi connectivity index (χ2n) is 15.7. The zero-order valence-electron chi connectivity index (χ0n) is 23.8. The highest BCUT2D eigenvalue weighted by molar-refractivity contribution is 5.66. The molecule has 0 amide bonds. The average molecular weight is 469 g/mol. The van der Waals surface area contributed by atoms with Gasteiger partial charge in [0, 0.05) is 12.3 Å². The van der Waals surface area contributed by atoms with Crippen LogP contribution in [-0.4, -0.2) is 12.1 Å². The van der Waals surface area contributed by atoms with Gasteiger partial charge in [-0.05, 0) is 110 Å². The van der Waals surface area contributed by atoms with E-state index in [1.807, 2.05) is 11.1 Å². The van der Waals surface area contributed by atoms with Gasteiger partial charge in [-0.15, -0.1) is 0 Å². The van der Waals surface area contributed by atoms with Crippen molar-refractivity contribution in [1.82, 2.24) is 0 Å². The SMILES string of the molecule is CC(=O)O[C@H]1CC[C@]2(C)C3=C(CC[C@H]2C1(C)C)[C@@]1(C)CC[C@@]2(C)CCC(C)(C)CC2[C@]1(C)CC3. The number of allylic oxidation sites excluding steroid dienone is 2. The van der Waals surface area contributed by atoms with Crippen molar-refractivity contribution in [2.24, 2.45) is 44.3 Å². The Labute approximate surface area is 210 Å². The summed E-state index contributed by atoms with van der Waals surface area (Å²) >= 11 is 0. The van der Waals surface area contributed by atoms with Gasteiger partial charge in [0.05, 0.1) is 0 Å². The Morgan fingerprint density at radius 3 is 2.12 bits per heavy atom. The summed E-state index contributed by atoms with van der Waals surface area (Å²) in [5.41, 5.74) is 5.83. The number of hydrogen-bond acceptors (Lipinski definition) is 2. The van der Waals surface area contributed by atoms with E-state index in [9.17, 15) is 4.79 Å². The Hall–Kier alpha value is -0.790. The number of ether oxygens (including phenoxy) is 1. The van der Waals surface area contributed by atoms with Crippen LogP contribution in [0.25, 0.3) is 0 Å². The Balaban J connectivity index is 1.54. The quantitative estimate of drug-likeness (QED) is 0.284. The zero-order chi connectivity index (χ0) is 24.9. The maximum atomic E-state index is 11.9. The fourth-order valence-corrected chi connectivity index (χ4v) is 10.8. The second-order valence-corrected chi connectivity index (χ2v) is 15.7. The maximum absolute atomic E-state index is 11.9. The number of fused-ring (bicyclic) bond motifs is 6. The predicted octanol–water partition coefficient (Wildman–Crippen LogP) is 8.88. The van der Waals surface area contributed by atoms with E-state index >= 15 is 0 Å². The van der Waals surface area contributed by atoms with Crippen molar-refractivity contribution in [3.8, 4) is 0 Å². The molecule has 3 saturated carbocycles. The van der Waals surface area contributed by atoms with Crippen LogP contribution in [0, 0.1) is 44.3 Å². The number of carbonyl (C=O) groups excluding carboxylic acids is 1. The lowest BCUT2D eigenvalue weighted by molar-refractivity contribution is -0.171. The van der Waals surface area contributed by atoms with Gasteiger partial charge >= 0.3 is 5.97 Å². The number of esters is 1. The topological polar surface area (TPSA) is 26.3 Å². The van der Waals surface area contributed by atoms with E-state index in [1.165, 1.54) is 64.2 Å². The van der Waals surface area contributed by atoms with E-state index in [2.05, 4.69) is 55.4 Å². The van der Waals surface area contributed by atoms with Gasteiger partial charge in [-0.1, -0.05) is 66.5 Å². The minimum absolute atomic E-state index is 0.0391. The molecule has 0 aromatic rings. The second kappa shape index (κ2) is 7.38. The molecule has 192 valence electrons. The van der Waals surface area contributed by atoms with Gasteiger partial charge in [0.2, 0.25) is 0 Å². The summed E-state index contributed by atoms with van der Waals surface area (Å²) in [5, 5.41) is 0. The molecule has 0 saturated heterocycles. The molecule has 0 N–H and O–H groups in total. The van der Waals surface area contributed by atoms with Gasteiger partial charge in [-0.3, -0.25) is 4.79 Å². The monoisotopic (exact) mass is 468 g/mol. The highest BCUT2D eigenvalue weighted by Gasteiger charge is 2.66. The molecule has 7 atom stereocenters. The molecule has 5 aliphatic rings. The van der Waals surface area contributed by atoms with E-state index in [-0.39, 0.29) is 22.9 Å². The molecule has 0 radical (unpaired) electrons. The number of carbonyl (C=O) groups is 1. The molecule has 34 heavy (non-hydrogen) atoms. The largest absolute Gasteiger partial charge is 0.462 e. The van der Waals surface area contributed by atoms with Gasteiger partial charge in [-0.2, -0.15) is 0 Å². The van der Waals surface area contributed by atoms with Crippen LogP contribution < -0.4 is 0 Å². The lowest BCUT2D eigenvalue weighted by atomic mass is 9.35. The molecule has 5 rings (SSSR count). The van der Waals surface area contributed by atoms with Crippen LogP contribution in [0.3, 0.4) is 0 Å². The van der Waals surface area contributed by atoms with Crippen LogP contribution >= 0.6 is 0 Å². The minimum Gasteiger partial charge on any atom is -0.462 e. The van der Waals surface area contributed by atoms with Gasteiger partial charge in [0.25, 0.3) is 0 Å². The lowest BCUT2D eigenvalue weighted by Crippen LogP contribution is -2.61. The molecule has 0 aromatic carbocycles. The number of hydrogen-bond donors (Lipinski definition) is 0. The summed E-state index contributed by atoms with van der Waals surface area (Å²) in [4.78, 5) is 11.9. The van der Waals surface area contributed by atoms with Crippen molar-refractivity contribution in [1.29, 1.82) is 0 Å². The van der Waals surface area contributed by atoms with E-state index < -0.39 is 0 Å². The van der Waals surface area contributed by atoms with Crippen molar-refractivity contribution in [3.63, 3.8) is 0 Å². The fraction of sp³-hybridized carbons (Fsp3) is 0.906. The third-order valence-electron chi connectivity index (χ3n) is 13.2. The van der Waals surface area contributed by atoms with Gasteiger partial charge in [0.1, 0.15) is 6.10 Å². The maximum Gasteiger partial charge on any atom is 0.302 e. The van der Waals surface area contributed by atoms with Crippen LogP contribution in [0.5, 0.6) is 0 Å². The molecule has 0 aliphatic heterocycles. The Bertz CT molecular complexity index is 910. The highest BCUT2D eigenvalue weighted by Crippen LogP contribution is 2.75. The smallest absolute Gasteiger partial charge is 0.302 e. The van der Waals surface area contributed by atoms with E-state index in [0.29, 0.717) is 27.6 Å². The van der Waals surface area contributed by atoms with Gasteiger partial charge < -0.3 is 4.74 Å².